The van der Waals surface area contributed by atoms with Crippen molar-refractivity contribution < 1.29 is 4.79 Å². The quantitative estimate of drug-likeness (QED) is 0.858. The van der Waals surface area contributed by atoms with Gasteiger partial charge in [-0.05, 0) is 56.4 Å². The molecule has 0 aromatic heterocycles. The van der Waals surface area contributed by atoms with Crippen LogP contribution in [0.4, 0.5) is 0 Å². The summed E-state index contributed by atoms with van der Waals surface area (Å²) < 4.78 is 0. The number of carbonyl (C=O) groups is 1. The van der Waals surface area contributed by atoms with E-state index in [1.54, 1.807) is 0 Å². The van der Waals surface area contributed by atoms with Crippen molar-refractivity contribution in [1.29, 1.82) is 0 Å². The monoisotopic (exact) mass is 280 g/mol. The maximum Gasteiger partial charge on any atom is 0.223 e. The minimum atomic E-state index is 0.401. The Hall–Kier alpha value is -0.570. The Morgan fingerprint density at radius 2 is 2.10 bits per heavy atom. The lowest BCUT2D eigenvalue weighted by molar-refractivity contribution is -0.133. The second-order valence-electron chi connectivity index (χ2n) is 7.92. The molecule has 2 fully saturated rings. The highest BCUT2D eigenvalue weighted by Crippen LogP contribution is 2.43. The molecule has 1 aliphatic carbocycles. The third kappa shape index (κ3) is 3.97. The number of likely N-dealkylation sites (tertiary alicyclic amines) is 1. The van der Waals surface area contributed by atoms with E-state index in [0.29, 0.717) is 23.3 Å². The van der Waals surface area contributed by atoms with Gasteiger partial charge in [0.15, 0.2) is 0 Å². The Morgan fingerprint density at radius 1 is 1.35 bits per heavy atom. The first-order valence-corrected chi connectivity index (χ1v) is 8.35. The average Bonchev–Trinajstić information content (AvgIpc) is 2.74. The van der Waals surface area contributed by atoms with Gasteiger partial charge < -0.3 is 10.2 Å². The number of amides is 1. The molecule has 1 aliphatic heterocycles. The van der Waals surface area contributed by atoms with E-state index >= 15 is 0 Å². The number of rotatable bonds is 4. The van der Waals surface area contributed by atoms with Crippen molar-refractivity contribution in [3.8, 4) is 0 Å². The first-order valence-electron chi connectivity index (χ1n) is 8.35. The van der Waals surface area contributed by atoms with Gasteiger partial charge in [0.2, 0.25) is 5.91 Å². The van der Waals surface area contributed by atoms with Crippen LogP contribution in [0.15, 0.2) is 0 Å². The zero-order valence-electron chi connectivity index (χ0n) is 13.7. The second kappa shape index (κ2) is 6.46. The Labute approximate surface area is 124 Å². The predicted molar refractivity (Wildman–Crippen MR) is 83.6 cm³/mol. The molecular weight excluding hydrogens is 248 g/mol. The molecule has 0 radical (unpaired) electrons. The molecule has 1 N–H and O–H groups in total. The predicted octanol–water partition coefficient (Wildman–Crippen LogP) is 3.05. The molecule has 0 aromatic rings. The summed E-state index contributed by atoms with van der Waals surface area (Å²) in [6, 6.07) is 0.432. The van der Waals surface area contributed by atoms with E-state index in [0.717, 1.165) is 25.4 Å². The third-order valence-electron chi connectivity index (χ3n) is 5.08. The Morgan fingerprint density at radius 3 is 2.75 bits per heavy atom. The minimum absolute atomic E-state index is 0.401. The highest BCUT2D eigenvalue weighted by atomic mass is 16.2. The van der Waals surface area contributed by atoms with E-state index < -0.39 is 0 Å². The summed E-state index contributed by atoms with van der Waals surface area (Å²) in [5, 5.41) is 3.22. The molecule has 116 valence electrons. The fraction of sp³-hybridized carbons (Fsp3) is 0.941. The summed E-state index contributed by atoms with van der Waals surface area (Å²) in [6.07, 6.45) is 6.87. The highest BCUT2D eigenvalue weighted by Gasteiger charge is 2.35. The molecule has 3 nitrogen and oxygen atoms in total. The SMILES string of the molecule is CNCC1CCCN1C(=O)CC1CC(C)CC(C)(C)C1. The molecule has 0 aromatic carbocycles. The molecule has 1 saturated carbocycles. The van der Waals surface area contributed by atoms with Crippen LogP contribution in [-0.4, -0.2) is 37.0 Å². The largest absolute Gasteiger partial charge is 0.338 e. The summed E-state index contributed by atoms with van der Waals surface area (Å²) in [6.45, 7) is 8.98. The minimum Gasteiger partial charge on any atom is -0.338 e. The van der Waals surface area contributed by atoms with Gasteiger partial charge in [-0.25, -0.2) is 0 Å². The van der Waals surface area contributed by atoms with Crippen LogP contribution in [0.3, 0.4) is 0 Å². The summed E-state index contributed by atoms with van der Waals surface area (Å²) in [5.74, 6) is 1.76. The molecule has 0 spiro atoms. The van der Waals surface area contributed by atoms with Gasteiger partial charge in [-0.3, -0.25) is 4.79 Å². The van der Waals surface area contributed by atoms with Gasteiger partial charge in [0.25, 0.3) is 0 Å². The lowest BCUT2D eigenvalue weighted by Crippen LogP contribution is -2.42. The summed E-state index contributed by atoms with van der Waals surface area (Å²) in [7, 11) is 1.98. The van der Waals surface area contributed by atoms with Gasteiger partial charge >= 0.3 is 0 Å². The number of hydrogen-bond donors (Lipinski definition) is 1. The van der Waals surface area contributed by atoms with Crippen molar-refractivity contribution in [3.63, 3.8) is 0 Å². The van der Waals surface area contributed by atoms with Gasteiger partial charge in [0.1, 0.15) is 0 Å². The molecule has 3 atom stereocenters. The Balaban J connectivity index is 1.90. The van der Waals surface area contributed by atoms with Crippen molar-refractivity contribution >= 4 is 5.91 Å². The summed E-state index contributed by atoms with van der Waals surface area (Å²) >= 11 is 0. The van der Waals surface area contributed by atoms with Crippen molar-refractivity contribution in [3.05, 3.63) is 0 Å². The molecule has 1 heterocycles. The third-order valence-corrected chi connectivity index (χ3v) is 5.08. The first kappa shape index (κ1) is 15.8. The molecule has 20 heavy (non-hydrogen) atoms. The summed E-state index contributed by atoms with van der Waals surface area (Å²) in [5.41, 5.74) is 0.415. The van der Waals surface area contributed by atoms with Gasteiger partial charge in [0.05, 0.1) is 0 Å². The molecule has 1 amide bonds. The topological polar surface area (TPSA) is 32.3 Å². The number of hydrogen-bond acceptors (Lipinski definition) is 2. The van der Waals surface area contributed by atoms with Crippen LogP contribution in [0.25, 0.3) is 0 Å². The number of carbonyl (C=O) groups excluding carboxylic acids is 1. The first-order chi connectivity index (χ1) is 9.41. The fourth-order valence-corrected chi connectivity index (χ4v) is 4.68. The van der Waals surface area contributed by atoms with E-state index in [9.17, 15) is 4.79 Å². The molecule has 2 rings (SSSR count). The van der Waals surface area contributed by atoms with Crippen molar-refractivity contribution in [2.24, 2.45) is 17.3 Å². The van der Waals surface area contributed by atoms with Crippen LogP contribution in [0.2, 0.25) is 0 Å². The van der Waals surface area contributed by atoms with E-state index in [2.05, 4.69) is 31.0 Å². The van der Waals surface area contributed by atoms with Crippen molar-refractivity contribution in [1.82, 2.24) is 10.2 Å². The van der Waals surface area contributed by atoms with Gasteiger partial charge in [0, 0.05) is 25.6 Å². The summed E-state index contributed by atoms with van der Waals surface area (Å²) in [4.78, 5) is 14.8. The molecule has 3 heteroatoms. The lowest BCUT2D eigenvalue weighted by Gasteiger charge is -2.39. The van der Waals surface area contributed by atoms with Crippen LogP contribution in [0.5, 0.6) is 0 Å². The van der Waals surface area contributed by atoms with E-state index in [4.69, 9.17) is 0 Å². The van der Waals surface area contributed by atoms with Crippen LogP contribution in [0.1, 0.15) is 59.3 Å². The Bertz CT molecular complexity index is 340. The number of nitrogens with one attached hydrogen (secondary N) is 1. The maximum atomic E-state index is 12.6. The van der Waals surface area contributed by atoms with Gasteiger partial charge in [-0.1, -0.05) is 20.8 Å². The van der Waals surface area contributed by atoms with E-state index in [-0.39, 0.29) is 0 Å². The van der Waals surface area contributed by atoms with Crippen LogP contribution in [-0.2, 0) is 4.79 Å². The molecule has 2 aliphatic rings. The van der Waals surface area contributed by atoms with Crippen LogP contribution in [0, 0.1) is 17.3 Å². The van der Waals surface area contributed by atoms with Gasteiger partial charge in [-0.2, -0.15) is 0 Å². The zero-order valence-corrected chi connectivity index (χ0v) is 13.7. The van der Waals surface area contributed by atoms with Crippen LogP contribution >= 0.6 is 0 Å². The number of nitrogens with zero attached hydrogens (tertiary/aromatic N) is 1. The second-order valence-corrected chi connectivity index (χ2v) is 7.92. The average molecular weight is 280 g/mol. The fourth-order valence-electron chi connectivity index (χ4n) is 4.68. The zero-order chi connectivity index (χ0) is 14.8. The van der Waals surface area contributed by atoms with E-state index in [1.165, 1.54) is 32.1 Å². The maximum absolute atomic E-state index is 12.6. The van der Waals surface area contributed by atoms with E-state index in [1.807, 2.05) is 7.05 Å². The smallest absolute Gasteiger partial charge is 0.223 e. The standard InChI is InChI=1S/C17H32N2O/c1-13-8-14(11-17(2,3)10-13)9-16(20)19-7-5-6-15(19)12-18-4/h13-15,18H,5-12H2,1-4H3. The molecule has 3 unspecified atom stereocenters. The van der Waals surface area contributed by atoms with Crippen LogP contribution < -0.4 is 5.32 Å². The number of likely N-dealkylation sites (N-methyl/N-ethyl adjacent to an activating group) is 1. The van der Waals surface area contributed by atoms with Gasteiger partial charge in [-0.15, -0.1) is 0 Å². The Kier molecular flexibility index (Phi) is 5.11. The molecular formula is C17H32N2O. The van der Waals surface area contributed by atoms with Crippen molar-refractivity contribution in [2.45, 2.75) is 65.3 Å². The lowest BCUT2D eigenvalue weighted by atomic mass is 9.67. The highest BCUT2D eigenvalue weighted by molar-refractivity contribution is 5.77. The molecule has 1 saturated heterocycles. The molecule has 0 bridgehead atoms. The normalized spacial score (nSPS) is 33.4. The van der Waals surface area contributed by atoms with Crippen molar-refractivity contribution in [2.75, 3.05) is 20.1 Å².